The van der Waals surface area contributed by atoms with Crippen LogP contribution in [-0.2, 0) is 86.4 Å². The fourth-order valence-corrected chi connectivity index (χ4v) is 17.3. The summed E-state index contributed by atoms with van der Waals surface area (Å²) < 4.78 is 7.27. The van der Waals surface area contributed by atoms with Crippen molar-refractivity contribution in [1.82, 2.24) is 43.6 Å². The van der Waals surface area contributed by atoms with E-state index in [1.54, 1.807) is 0 Å². The Bertz CT molecular complexity index is 7370. The van der Waals surface area contributed by atoms with E-state index < -0.39 is 0 Å². The Morgan fingerprint density at radius 2 is 0.674 bits per heavy atom. The molecule has 0 aliphatic heterocycles. The Balaban J connectivity index is 0.000000137. The molecule has 0 unspecified atom stereocenters. The summed E-state index contributed by atoms with van der Waals surface area (Å²) in [4.78, 5) is 27.5. The fraction of sp³-hybridized carbons (Fsp3) is 0.146. The molecular formula is C123H111Ir3N9-6. The standard InChI is InChI=1S/2C22H21N2.C21H19N2.C20H18N.2C19H16N.3Ir/c1-15(2)14-24-21-7-5-4-6-18(21)19-10-9-17(12-22(19)24)20-11-8-16(3)13-23-20;1-15(2)14-24-21-7-5-4-6-18(21)19-12-17(9-11-22(19)24)20-10-8-16(3)13-23-20;1-15(2)14-23-20-12-4-3-8-16(20)17-9-7-10-18(21(17)23)19-11-5-6-13-22-19;1-3-16-13-20(18-12-8-7-9-15(18)2)21-14-19(16)17-10-5-4-6-11-17;2*1-14-8-6-7-11-17(14)19-12-15(2)18(13-20-19)16-9-4-3-5-10-16;;;/h2*4-8,10-13,15H,14H2,1-3H3;3-9,11-13,15H,14H2,1-2H3;4-14H,2-3H2,1H3;2*3-13H,1H2,2H3;;;/q6*-1;;;. The van der Waals surface area contributed by atoms with Crippen LogP contribution in [0.3, 0.4) is 0 Å². The molecule has 0 saturated heterocycles. The van der Waals surface area contributed by atoms with Gasteiger partial charge in [-0.2, -0.15) is 55.7 Å². The van der Waals surface area contributed by atoms with Crippen LogP contribution in [0.15, 0.2) is 371 Å². The van der Waals surface area contributed by atoms with Crippen LogP contribution < -0.4 is 0 Å². The van der Waals surface area contributed by atoms with E-state index in [1.807, 2.05) is 152 Å². The van der Waals surface area contributed by atoms with E-state index in [-0.39, 0.29) is 60.3 Å². The molecule has 0 N–H and O–H groups in total. The van der Waals surface area contributed by atoms with E-state index in [9.17, 15) is 0 Å². The average Bonchev–Trinajstić information content (AvgIpc) is 1.61. The van der Waals surface area contributed by atoms with Gasteiger partial charge in [0, 0.05) is 167 Å². The van der Waals surface area contributed by atoms with Crippen LogP contribution >= 0.6 is 0 Å². The second-order valence-corrected chi connectivity index (χ2v) is 35.0. The first kappa shape index (κ1) is 99.0. The predicted molar refractivity (Wildman–Crippen MR) is 556 cm³/mol. The number of fused-ring (bicyclic) bond motifs is 9. The van der Waals surface area contributed by atoms with Crippen molar-refractivity contribution in [2.24, 2.45) is 17.8 Å². The number of benzene rings is 12. The van der Waals surface area contributed by atoms with Gasteiger partial charge in [-0.1, -0.05) is 265 Å². The summed E-state index contributed by atoms with van der Waals surface area (Å²) in [7, 11) is 0. The molecule has 0 saturated carbocycles. The third-order valence-corrected chi connectivity index (χ3v) is 23.8. The first-order chi connectivity index (χ1) is 64.3. The van der Waals surface area contributed by atoms with E-state index in [4.69, 9.17) is 0 Å². The van der Waals surface area contributed by atoms with Crippen LogP contribution in [0.4, 0.5) is 0 Å². The van der Waals surface area contributed by atoms with E-state index in [1.165, 1.54) is 127 Å². The second-order valence-electron chi connectivity index (χ2n) is 35.0. The first-order valence-electron chi connectivity index (χ1n) is 45.7. The first-order valence-corrected chi connectivity index (χ1v) is 45.7. The van der Waals surface area contributed by atoms with Gasteiger partial charge >= 0.3 is 0 Å². The van der Waals surface area contributed by atoms with Crippen molar-refractivity contribution in [1.29, 1.82) is 0 Å². The van der Waals surface area contributed by atoms with Crippen molar-refractivity contribution in [3.8, 4) is 101 Å². The number of pyridine rings is 6. The number of hydrogen-bond donors (Lipinski definition) is 0. The maximum Gasteiger partial charge on any atom is 0.0391 e. The summed E-state index contributed by atoms with van der Waals surface area (Å²) in [5.74, 6) is 1.77. The fourth-order valence-electron chi connectivity index (χ4n) is 17.3. The van der Waals surface area contributed by atoms with Crippen molar-refractivity contribution >= 4 is 65.4 Å². The molecule has 21 aromatic rings. The molecule has 3 radical (unpaired) electrons. The molecule has 0 fully saturated rings. The van der Waals surface area contributed by atoms with Gasteiger partial charge in [0.2, 0.25) is 0 Å². The molecule has 0 spiro atoms. The van der Waals surface area contributed by atoms with Gasteiger partial charge in [-0.25, -0.2) is 0 Å². The van der Waals surface area contributed by atoms with Gasteiger partial charge in [0.05, 0.1) is 0 Å². The molecule has 0 aliphatic rings. The molecule has 9 nitrogen and oxygen atoms in total. The Labute approximate surface area is 837 Å². The van der Waals surface area contributed by atoms with Crippen LogP contribution in [0.5, 0.6) is 0 Å². The van der Waals surface area contributed by atoms with E-state index in [0.29, 0.717) is 17.8 Å². The zero-order valence-electron chi connectivity index (χ0n) is 78.4. The molecule has 9 heterocycles. The van der Waals surface area contributed by atoms with Crippen molar-refractivity contribution in [3.05, 3.63) is 454 Å². The average molecular weight is 2290 g/mol. The molecule has 0 aliphatic carbocycles. The minimum absolute atomic E-state index is 0. The second kappa shape index (κ2) is 46.4. The monoisotopic (exact) mass is 2290 g/mol. The van der Waals surface area contributed by atoms with Gasteiger partial charge in [0.1, 0.15) is 0 Å². The topological polar surface area (TPSA) is 92.1 Å². The Hall–Kier alpha value is -13.5. The van der Waals surface area contributed by atoms with Gasteiger partial charge in [-0.15, -0.1) is 124 Å². The Kier molecular flexibility index (Phi) is 34.0. The van der Waals surface area contributed by atoms with Crippen molar-refractivity contribution < 1.29 is 60.3 Å². The summed E-state index contributed by atoms with van der Waals surface area (Å²) >= 11 is 0. The van der Waals surface area contributed by atoms with Crippen LogP contribution in [0.25, 0.3) is 166 Å². The third-order valence-electron chi connectivity index (χ3n) is 23.8. The normalized spacial score (nSPS) is 10.9. The minimum atomic E-state index is 0. The zero-order valence-corrected chi connectivity index (χ0v) is 85.6. The molecule has 135 heavy (non-hydrogen) atoms. The van der Waals surface area contributed by atoms with Gasteiger partial charge < -0.3 is 28.7 Å². The maximum absolute atomic E-state index is 4.65. The largest absolute Gasteiger partial charge is 0.380 e. The molecule has 0 atom stereocenters. The molecular weight excluding hydrogens is 2180 g/mol. The van der Waals surface area contributed by atoms with Crippen molar-refractivity contribution in [2.75, 3.05) is 0 Å². The van der Waals surface area contributed by atoms with Crippen LogP contribution in [0.2, 0.25) is 0 Å². The van der Waals surface area contributed by atoms with Crippen LogP contribution in [0, 0.1) is 84.4 Å². The number of nitrogens with zero attached hydrogens (tertiary/aromatic N) is 9. The number of hydrogen-bond acceptors (Lipinski definition) is 6. The Morgan fingerprint density at radius 1 is 0.289 bits per heavy atom. The number of aromatic nitrogens is 9. The number of rotatable bonds is 16. The van der Waals surface area contributed by atoms with E-state index in [0.717, 1.165) is 110 Å². The molecule has 9 aromatic heterocycles. The zero-order chi connectivity index (χ0) is 91.7. The third kappa shape index (κ3) is 23.3. The number of para-hydroxylation sites is 3. The van der Waals surface area contributed by atoms with Crippen LogP contribution in [-0.4, -0.2) is 43.6 Å². The summed E-state index contributed by atoms with van der Waals surface area (Å²) in [6, 6.07) is 125. The summed E-state index contributed by atoms with van der Waals surface area (Å²) in [5, 5.41) is 7.72. The molecule has 681 valence electrons. The quantitative estimate of drug-likeness (QED) is 0.0895. The molecule has 0 bridgehead atoms. The van der Waals surface area contributed by atoms with Gasteiger partial charge in [-0.3, -0.25) is 15.0 Å². The van der Waals surface area contributed by atoms with Crippen LogP contribution in [0.1, 0.15) is 93.0 Å². The predicted octanol–water partition coefficient (Wildman–Crippen LogP) is 31.5. The smallest absolute Gasteiger partial charge is 0.0391 e. The van der Waals surface area contributed by atoms with Gasteiger partial charge in [-0.05, 0) is 189 Å². The minimum Gasteiger partial charge on any atom is -0.380 e. The van der Waals surface area contributed by atoms with Gasteiger partial charge in [0.15, 0.2) is 0 Å². The van der Waals surface area contributed by atoms with Gasteiger partial charge in [0.25, 0.3) is 0 Å². The Morgan fingerprint density at radius 3 is 1.12 bits per heavy atom. The van der Waals surface area contributed by atoms with E-state index in [2.05, 4.69) is 377 Å². The summed E-state index contributed by atoms with van der Waals surface area (Å²) in [5.41, 5.74) is 36.3. The summed E-state index contributed by atoms with van der Waals surface area (Å²) in [6.07, 6.45) is 12.5. The molecule has 12 aromatic carbocycles. The number of aryl methyl sites for hydroxylation is 5. The molecule has 21 rings (SSSR count). The SMILES string of the molecule is CC(C)Cn1c2ccccc2c2cc[c-]c(-c3ccccn3)c21.Cc1ccc(-c2[c-]cc3c(c2)c2ccccc2n3CC(C)C)nc1.Cc1ccc(-c2[c-]cc3c4ccccc4n(CC(C)C)c3c2)nc1.[CH2-]c1ccccc1-c1cc(C)c(-c2ccccc2)cn1.[CH2-]c1ccccc1-c1cc(C)c(-c2ccccc2)cn1.[CH2-]c1ccccc1-c1cc(CC)c(-c2ccccc2)cn1.[Ir].[Ir].[Ir]. The van der Waals surface area contributed by atoms with Crippen molar-refractivity contribution in [3.63, 3.8) is 0 Å². The summed E-state index contributed by atoms with van der Waals surface area (Å²) in [6.45, 7) is 39.3. The maximum atomic E-state index is 4.65. The van der Waals surface area contributed by atoms with Crippen molar-refractivity contribution in [2.45, 2.75) is 102 Å². The molecule has 0 amide bonds. The molecule has 12 heteroatoms. The van der Waals surface area contributed by atoms with E-state index >= 15 is 0 Å².